The fourth-order valence-electron chi connectivity index (χ4n) is 0. The summed E-state index contributed by atoms with van der Waals surface area (Å²) in [6, 6.07) is 0. The highest BCUT2D eigenvalue weighted by Gasteiger charge is 2.05. The van der Waals surface area contributed by atoms with E-state index in [2.05, 4.69) is 54.7 Å². The Morgan fingerprint density at radius 1 is 1.00 bits per heavy atom. The minimum Gasteiger partial charge on any atom is -0.475 e. The van der Waals surface area contributed by atoms with Crippen LogP contribution in [-0.4, -0.2) is 29.3 Å². The molecule has 0 saturated heterocycles. The SMILES string of the molecule is CC(C)(C)SN.COC(N)=S.COC(N)=S. The van der Waals surface area contributed by atoms with Gasteiger partial charge >= 0.3 is 0 Å². The van der Waals surface area contributed by atoms with Crippen molar-refractivity contribution in [2.45, 2.75) is 25.5 Å². The zero-order valence-corrected chi connectivity index (χ0v) is 12.7. The Kier molecular flexibility index (Phi) is 16.8. The van der Waals surface area contributed by atoms with E-state index in [0.29, 0.717) is 0 Å². The van der Waals surface area contributed by atoms with Gasteiger partial charge in [0.15, 0.2) is 0 Å². The molecular weight excluding hydrogens is 266 g/mol. The predicted octanol–water partition coefficient (Wildman–Crippen LogP) is 1.14. The minimum absolute atomic E-state index is 0.0880. The van der Waals surface area contributed by atoms with Crippen LogP contribution in [-0.2, 0) is 9.47 Å². The molecule has 6 N–H and O–H groups in total. The number of hydrogen-bond donors (Lipinski definition) is 3. The summed E-state index contributed by atoms with van der Waals surface area (Å²) in [4.78, 5) is 0. The molecule has 98 valence electrons. The van der Waals surface area contributed by atoms with Gasteiger partial charge in [-0.3, -0.25) is 5.14 Å². The van der Waals surface area contributed by atoms with Gasteiger partial charge < -0.3 is 20.9 Å². The molecule has 0 radical (unpaired) electrons. The van der Waals surface area contributed by atoms with E-state index in [4.69, 9.17) is 16.6 Å². The van der Waals surface area contributed by atoms with E-state index in [1.165, 1.54) is 26.2 Å². The second-order valence-electron chi connectivity index (χ2n) is 3.28. The number of methoxy groups -OCH3 is 2. The summed E-state index contributed by atoms with van der Waals surface area (Å²) in [6.45, 7) is 6.24. The van der Waals surface area contributed by atoms with E-state index >= 15 is 0 Å². The quantitative estimate of drug-likeness (QED) is 0.451. The number of ether oxygens (including phenoxy) is 2. The zero-order chi connectivity index (χ0) is 13.8. The largest absolute Gasteiger partial charge is 0.475 e. The van der Waals surface area contributed by atoms with Crippen LogP contribution in [0, 0.1) is 0 Å². The molecule has 0 aliphatic rings. The van der Waals surface area contributed by atoms with Crippen LogP contribution in [0.15, 0.2) is 0 Å². The second-order valence-corrected chi connectivity index (χ2v) is 5.54. The molecule has 0 atom stereocenters. The highest BCUT2D eigenvalue weighted by molar-refractivity contribution is 7.98. The van der Waals surface area contributed by atoms with E-state index in [9.17, 15) is 0 Å². The molecule has 0 aliphatic heterocycles. The Bertz CT molecular complexity index is 181. The molecule has 5 nitrogen and oxygen atoms in total. The van der Waals surface area contributed by atoms with Gasteiger partial charge in [0, 0.05) is 4.75 Å². The third-order valence-corrected chi connectivity index (χ3v) is 1.80. The lowest BCUT2D eigenvalue weighted by atomic mass is 10.3. The van der Waals surface area contributed by atoms with Crippen molar-refractivity contribution in [2.24, 2.45) is 16.6 Å². The second kappa shape index (κ2) is 12.8. The van der Waals surface area contributed by atoms with Crippen molar-refractivity contribution in [2.75, 3.05) is 14.2 Å². The number of rotatable bonds is 0. The van der Waals surface area contributed by atoms with Crippen LogP contribution in [0.25, 0.3) is 0 Å². The molecule has 0 amide bonds. The first-order chi connectivity index (χ1) is 7.10. The number of hydrogen-bond acceptors (Lipinski definition) is 6. The van der Waals surface area contributed by atoms with Gasteiger partial charge in [-0.25, -0.2) is 0 Å². The van der Waals surface area contributed by atoms with Crippen molar-refractivity contribution in [1.82, 2.24) is 0 Å². The topological polar surface area (TPSA) is 96.5 Å². The van der Waals surface area contributed by atoms with Gasteiger partial charge in [-0.05, 0) is 45.2 Å². The molecule has 0 aliphatic carbocycles. The summed E-state index contributed by atoms with van der Waals surface area (Å²) < 4.78 is 8.75. The standard InChI is InChI=1S/C4H11NS.2C2H5NOS/c1-4(2,3)6-5;2*1-4-2(3)5/h5H2,1-3H3;2*1H3,(H2,3,5). The van der Waals surface area contributed by atoms with Crippen molar-refractivity contribution in [1.29, 1.82) is 0 Å². The lowest BCUT2D eigenvalue weighted by molar-refractivity contribution is 0.408. The molecule has 0 aromatic heterocycles. The van der Waals surface area contributed by atoms with Crippen LogP contribution in [0.1, 0.15) is 20.8 Å². The smallest absolute Gasteiger partial charge is 0.253 e. The summed E-state index contributed by atoms with van der Waals surface area (Å²) in [6.07, 6.45) is 0. The highest BCUT2D eigenvalue weighted by atomic mass is 32.2. The molecule has 0 rings (SSSR count). The van der Waals surface area contributed by atoms with Crippen molar-refractivity contribution in [3.8, 4) is 0 Å². The average Bonchev–Trinajstić information content (AvgIpc) is 2.18. The average molecular weight is 287 g/mol. The molecule has 0 fully saturated rings. The maximum Gasteiger partial charge on any atom is 0.253 e. The van der Waals surface area contributed by atoms with Crippen molar-refractivity contribution in [3.05, 3.63) is 0 Å². The first-order valence-corrected chi connectivity index (χ1v) is 5.85. The molecule has 0 spiro atoms. The third-order valence-electron chi connectivity index (χ3n) is 0.756. The van der Waals surface area contributed by atoms with E-state index in [1.807, 2.05) is 0 Å². The molecule has 16 heavy (non-hydrogen) atoms. The lowest BCUT2D eigenvalue weighted by Gasteiger charge is -2.11. The summed E-state index contributed by atoms with van der Waals surface area (Å²) in [5.41, 5.74) is 9.60. The van der Waals surface area contributed by atoms with Crippen LogP contribution >= 0.6 is 36.4 Å². The molecule has 0 heterocycles. The summed E-state index contributed by atoms with van der Waals surface area (Å²) >= 11 is 9.89. The zero-order valence-electron chi connectivity index (χ0n) is 10.3. The normalized spacial score (nSPS) is 8.62. The van der Waals surface area contributed by atoms with Gasteiger partial charge in [0.1, 0.15) is 0 Å². The Hall–Kier alpha value is -0.310. The Morgan fingerprint density at radius 2 is 1.12 bits per heavy atom. The van der Waals surface area contributed by atoms with Crippen LogP contribution in [0.2, 0.25) is 0 Å². The first kappa shape index (κ1) is 21.0. The van der Waals surface area contributed by atoms with Gasteiger partial charge in [0.25, 0.3) is 10.3 Å². The fraction of sp³-hybridized carbons (Fsp3) is 0.750. The Labute approximate surface area is 113 Å². The van der Waals surface area contributed by atoms with E-state index in [0.717, 1.165) is 0 Å². The molecule has 0 aromatic carbocycles. The summed E-state index contributed by atoms with van der Waals surface area (Å²) in [7, 11) is 2.87. The van der Waals surface area contributed by atoms with Crippen molar-refractivity contribution >= 4 is 46.7 Å². The maximum absolute atomic E-state index is 5.22. The van der Waals surface area contributed by atoms with E-state index in [-0.39, 0.29) is 15.1 Å². The van der Waals surface area contributed by atoms with Gasteiger partial charge in [0.05, 0.1) is 14.2 Å². The number of nitrogens with two attached hydrogens (primary N) is 3. The molecule has 8 heteroatoms. The first-order valence-electron chi connectivity index (χ1n) is 4.15. The highest BCUT2D eigenvalue weighted by Crippen LogP contribution is 2.15. The maximum atomic E-state index is 5.22. The van der Waals surface area contributed by atoms with Crippen molar-refractivity contribution in [3.63, 3.8) is 0 Å². The van der Waals surface area contributed by atoms with Crippen molar-refractivity contribution < 1.29 is 9.47 Å². The van der Waals surface area contributed by atoms with Gasteiger partial charge in [-0.1, -0.05) is 11.9 Å². The Balaban J connectivity index is -0.000000160. The van der Waals surface area contributed by atoms with Gasteiger partial charge in [-0.15, -0.1) is 0 Å². The monoisotopic (exact) mass is 287 g/mol. The minimum atomic E-state index is 0.0880. The van der Waals surface area contributed by atoms with Crippen LogP contribution in [0.4, 0.5) is 0 Å². The molecule has 0 aromatic rings. The predicted molar refractivity (Wildman–Crippen MR) is 79.1 cm³/mol. The molecule has 0 saturated carbocycles. The Morgan fingerprint density at radius 3 is 1.12 bits per heavy atom. The van der Waals surface area contributed by atoms with Gasteiger partial charge in [0.2, 0.25) is 0 Å². The van der Waals surface area contributed by atoms with Crippen LogP contribution < -0.4 is 16.6 Å². The van der Waals surface area contributed by atoms with Crippen LogP contribution in [0.5, 0.6) is 0 Å². The third kappa shape index (κ3) is 49.3. The molecule has 0 unspecified atom stereocenters. The van der Waals surface area contributed by atoms with Gasteiger partial charge in [-0.2, -0.15) is 0 Å². The molecular formula is C8H21N3O2S3. The van der Waals surface area contributed by atoms with E-state index in [1.54, 1.807) is 0 Å². The summed E-state index contributed by atoms with van der Waals surface area (Å²) in [5, 5.41) is 5.40. The van der Waals surface area contributed by atoms with Crippen LogP contribution in [0.3, 0.4) is 0 Å². The summed E-state index contributed by atoms with van der Waals surface area (Å²) in [5.74, 6) is 0. The fourth-order valence-corrected chi connectivity index (χ4v) is 0. The number of thiocarbonyl (C=S) groups is 2. The molecule has 0 bridgehead atoms. The van der Waals surface area contributed by atoms with E-state index < -0.39 is 0 Å². The lowest BCUT2D eigenvalue weighted by Crippen LogP contribution is -2.09.